The SMILES string of the molecule is [C-]#[N+]C(C#Cc1ccccc1)(O[Si](C)(C)C)C(OCC)OCC. The summed E-state index contributed by atoms with van der Waals surface area (Å²) < 4.78 is 17.4. The number of hydrogen-bond acceptors (Lipinski definition) is 3. The van der Waals surface area contributed by atoms with Crippen molar-refractivity contribution in [2.45, 2.75) is 45.5 Å². The molecule has 1 aromatic carbocycles. The highest BCUT2D eigenvalue weighted by atomic mass is 28.4. The van der Waals surface area contributed by atoms with Crippen molar-refractivity contribution in [3.05, 3.63) is 47.3 Å². The van der Waals surface area contributed by atoms with Gasteiger partial charge >= 0.3 is 5.72 Å². The van der Waals surface area contributed by atoms with Gasteiger partial charge in [0.05, 0.1) is 0 Å². The van der Waals surface area contributed by atoms with Crippen molar-refractivity contribution in [1.82, 2.24) is 0 Å². The predicted octanol–water partition coefficient (Wildman–Crippen LogP) is 3.90. The van der Waals surface area contributed by atoms with E-state index in [9.17, 15) is 0 Å². The highest BCUT2D eigenvalue weighted by molar-refractivity contribution is 6.69. The van der Waals surface area contributed by atoms with Crippen LogP contribution in [0.25, 0.3) is 4.85 Å². The van der Waals surface area contributed by atoms with E-state index in [0.29, 0.717) is 13.2 Å². The largest absolute Gasteiger partial charge is 0.443 e. The quantitative estimate of drug-likeness (QED) is 0.329. The van der Waals surface area contributed by atoms with Crippen LogP contribution in [0.4, 0.5) is 0 Å². The Balaban J connectivity index is 3.28. The zero-order valence-corrected chi connectivity index (χ0v) is 15.6. The minimum Gasteiger partial charge on any atom is -0.343 e. The van der Waals surface area contributed by atoms with Gasteiger partial charge in [-0.15, -0.1) is 0 Å². The van der Waals surface area contributed by atoms with Gasteiger partial charge in [0, 0.05) is 24.7 Å². The molecular formula is C18H25NO3Si. The monoisotopic (exact) mass is 331 g/mol. The van der Waals surface area contributed by atoms with Gasteiger partial charge in [-0.2, -0.15) is 0 Å². The smallest absolute Gasteiger partial charge is 0.343 e. The Bertz CT molecular complexity index is 574. The Morgan fingerprint density at radius 3 is 2.13 bits per heavy atom. The van der Waals surface area contributed by atoms with Crippen molar-refractivity contribution < 1.29 is 13.9 Å². The second-order valence-electron chi connectivity index (χ2n) is 5.88. The molecule has 0 aromatic heterocycles. The van der Waals surface area contributed by atoms with Crippen LogP contribution in [0, 0.1) is 18.4 Å². The molecule has 0 aliphatic rings. The third kappa shape index (κ3) is 6.17. The lowest BCUT2D eigenvalue weighted by Crippen LogP contribution is -2.50. The Labute approximate surface area is 140 Å². The van der Waals surface area contributed by atoms with Gasteiger partial charge in [-0.05, 0) is 45.6 Å². The zero-order valence-electron chi connectivity index (χ0n) is 14.6. The molecule has 0 spiro atoms. The summed E-state index contributed by atoms with van der Waals surface area (Å²) in [7, 11) is -2.05. The fourth-order valence-corrected chi connectivity index (χ4v) is 3.09. The topological polar surface area (TPSA) is 32.0 Å². The van der Waals surface area contributed by atoms with E-state index in [0.717, 1.165) is 5.56 Å². The van der Waals surface area contributed by atoms with Crippen LogP contribution >= 0.6 is 0 Å². The van der Waals surface area contributed by atoms with Crippen molar-refractivity contribution >= 4 is 8.32 Å². The second kappa shape index (κ2) is 8.86. The van der Waals surface area contributed by atoms with E-state index in [1.165, 1.54) is 0 Å². The number of benzene rings is 1. The maximum atomic E-state index is 7.70. The summed E-state index contributed by atoms with van der Waals surface area (Å²) >= 11 is 0. The van der Waals surface area contributed by atoms with Crippen LogP contribution in [0.15, 0.2) is 30.3 Å². The summed E-state index contributed by atoms with van der Waals surface area (Å²) in [5.74, 6) is 6.01. The Kier molecular flexibility index (Phi) is 7.48. The lowest BCUT2D eigenvalue weighted by atomic mass is 10.1. The summed E-state index contributed by atoms with van der Waals surface area (Å²) in [6.45, 7) is 18.3. The number of nitrogens with zero attached hydrogens (tertiary/aromatic N) is 1. The molecule has 0 saturated carbocycles. The van der Waals surface area contributed by atoms with E-state index in [4.69, 9.17) is 20.5 Å². The van der Waals surface area contributed by atoms with Gasteiger partial charge in [-0.1, -0.05) is 24.1 Å². The van der Waals surface area contributed by atoms with E-state index in [2.05, 4.69) is 16.7 Å². The first-order valence-electron chi connectivity index (χ1n) is 7.77. The Hall–Kier alpha value is -1.63. The number of rotatable bonds is 7. The lowest BCUT2D eigenvalue weighted by Gasteiger charge is -2.30. The van der Waals surface area contributed by atoms with Gasteiger partial charge < -0.3 is 13.9 Å². The van der Waals surface area contributed by atoms with Gasteiger partial charge in [0.1, 0.15) is 0 Å². The van der Waals surface area contributed by atoms with Crippen LogP contribution < -0.4 is 0 Å². The van der Waals surface area contributed by atoms with Gasteiger partial charge in [0.15, 0.2) is 8.32 Å². The first-order valence-corrected chi connectivity index (χ1v) is 11.2. The van der Waals surface area contributed by atoms with Gasteiger partial charge in [-0.25, -0.2) is 6.57 Å². The van der Waals surface area contributed by atoms with E-state index in [1.54, 1.807) is 0 Å². The molecule has 0 fully saturated rings. The van der Waals surface area contributed by atoms with Crippen molar-refractivity contribution in [3.63, 3.8) is 0 Å². The summed E-state index contributed by atoms with van der Waals surface area (Å²) in [6.07, 6.45) is -0.835. The molecule has 1 aromatic rings. The van der Waals surface area contributed by atoms with Crippen molar-refractivity contribution in [2.75, 3.05) is 13.2 Å². The van der Waals surface area contributed by atoms with Crippen molar-refractivity contribution in [1.29, 1.82) is 0 Å². The van der Waals surface area contributed by atoms with Crippen LogP contribution in [0.3, 0.4) is 0 Å². The minimum absolute atomic E-state index is 0.421. The molecule has 1 atom stereocenters. The highest BCUT2D eigenvalue weighted by Crippen LogP contribution is 2.27. The molecule has 0 radical (unpaired) electrons. The highest BCUT2D eigenvalue weighted by Gasteiger charge is 2.51. The average Bonchev–Trinajstić information content (AvgIpc) is 2.51. The molecule has 124 valence electrons. The van der Waals surface area contributed by atoms with Crippen LogP contribution in [-0.4, -0.2) is 33.5 Å². The summed E-state index contributed by atoms with van der Waals surface area (Å²) in [5.41, 5.74) is -0.627. The predicted molar refractivity (Wildman–Crippen MR) is 94.1 cm³/mol. The van der Waals surface area contributed by atoms with Gasteiger partial charge in [-0.3, -0.25) is 4.85 Å². The average molecular weight is 331 g/mol. The van der Waals surface area contributed by atoms with Gasteiger partial charge in [0.2, 0.25) is 0 Å². The molecule has 1 unspecified atom stereocenters. The normalized spacial score (nSPS) is 13.8. The molecule has 0 bridgehead atoms. The number of hydrogen-bond donors (Lipinski definition) is 0. The first kappa shape index (κ1) is 19.4. The third-order valence-electron chi connectivity index (χ3n) is 2.74. The Morgan fingerprint density at radius 1 is 1.13 bits per heavy atom. The van der Waals surface area contributed by atoms with Crippen LogP contribution in [0.1, 0.15) is 19.4 Å². The van der Waals surface area contributed by atoms with Crippen LogP contribution in [-0.2, 0) is 13.9 Å². The fourth-order valence-electron chi connectivity index (χ4n) is 1.96. The van der Waals surface area contributed by atoms with E-state index < -0.39 is 20.3 Å². The molecule has 23 heavy (non-hydrogen) atoms. The molecular weight excluding hydrogens is 306 g/mol. The van der Waals surface area contributed by atoms with Crippen LogP contribution in [0.5, 0.6) is 0 Å². The lowest BCUT2D eigenvalue weighted by molar-refractivity contribution is -0.194. The zero-order chi connectivity index (χ0) is 17.3. The third-order valence-corrected chi connectivity index (χ3v) is 3.67. The van der Waals surface area contributed by atoms with Crippen molar-refractivity contribution in [2.24, 2.45) is 0 Å². The van der Waals surface area contributed by atoms with E-state index in [1.807, 2.05) is 63.8 Å². The molecule has 0 amide bonds. The van der Waals surface area contributed by atoms with E-state index >= 15 is 0 Å². The summed E-state index contributed by atoms with van der Waals surface area (Å²) in [5, 5.41) is 0. The minimum atomic E-state index is -2.05. The molecule has 0 N–H and O–H groups in total. The van der Waals surface area contributed by atoms with Crippen molar-refractivity contribution in [3.8, 4) is 11.8 Å². The summed E-state index contributed by atoms with van der Waals surface area (Å²) in [4.78, 5) is 3.70. The molecule has 0 aliphatic carbocycles. The van der Waals surface area contributed by atoms with E-state index in [-0.39, 0.29) is 0 Å². The maximum Gasteiger partial charge on any atom is 0.443 e. The van der Waals surface area contributed by atoms with Crippen LogP contribution in [0.2, 0.25) is 19.6 Å². The maximum absolute atomic E-state index is 7.70. The fraction of sp³-hybridized carbons (Fsp3) is 0.500. The second-order valence-corrected chi connectivity index (χ2v) is 10.3. The Morgan fingerprint density at radius 2 is 1.70 bits per heavy atom. The molecule has 0 heterocycles. The summed E-state index contributed by atoms with van der Waals surface area (Å²) in [6, 6.07) is 9.53. The van der Waals surface area contributed by atoms with Gasteiger partial charge in [0.25, 0.3) is 6.29 Å². The molecule has 1 rings (SSSR count). The number of ether oxygens (including phenoxy) is 2. The molecule has 0 saturated heterocycles. The molecule has 5 heteroatoms. The standard InChI is InChI=1S/C18H25NO3Si/c1-7-20-17(21-8-2)18(19-3,22-23(4,5)6)15-14-16-12-10-9-11-13-16/h9-13,17H,7-8H2,1-2,4-6H3. The molecule has 0 aliphatic heterocycles. The first-order chi connectivity index (χ1) is 10.9. The molecule has 4 nitrogen and oxygen atoms in total.